The van der Waals surface area contributed by atoms with E-state index in [0.717, 1.165) is 30.1 Å². The number of hydrogen-bond acceptors (Lipinski definition) is 4. The Morgan fingerprint density at radius 2 is 1.68 bits per heavy atom. The van der Waals surface area contributed by atoms with Crippen LogP contribution in [0.3, 0.4) is 0 Å². The molecule has 1 heterocycles. The number of hydrogen-bond donors (Lipinski definition) is 1. The minimum atomic E-state index is -0.265. The molecule has 0 aromatic heterocycles. The molecule has 1 saturated heterocycles. The molecule has 5 nitrogen and oxygen atoms in total. The third-order valence-electron chi connectivity index (χ3n) is 4.75. The molecule has 132 valence electrons. The molecule has 2 N–H and O–H groups in total. The first-order valence-corrected chi connectivity index (χ1v) is 8.66. The molecule has 2 aromatic carbocycles. The van der Waals surface area contributed by atoms with E-state index in [0.29, 0.717) is 19.6 Å². The van der Waals surface area contributed by atoms with Crippen LogP contribution in [0, 0.1) is 0 Å². The zero-order chi connectivity index (χ0) is 17.6. The number of carbonyl (C=O) groups is 1. The largest absolute Gasteiger partial charge is 0.495 e. The summed E-state index contributed by atoms with van der Waals surface area (Å²) in [4.78, 5) is 17.1. The molecule has 3 rings (SSSR count). The molecule has 1 amide bonds. The maximum atomic E-state index is 12.9. The lowest BCUT2D eigenvalue weighted by Crippen LogP contribution is -2.50. The van der Waals surface area contributed by atoms with Crippen LogP contribution in [-0.4, -0.2) is 50.6 Å². The van der Waals surface area contributed by atoms with Gasteiger partial charge in [-0.25, -0.2) is 0 Å². The van der Waals surface area contributed by atoms with Gasteiger partial charge < -0.3 is 20.3 Å². The second-order valence-corrected chi connectivity index (χ2v) is 6.18. The summed E-state index contributed by atoms with van der Waals surface area (Å²) < 4.78 is 5.45. The molecule has 0 aliphatic carbocycles. The molecule has 1 unspecified atom stereocenters. The summed E-state index contributed by atoms with van der Waals surface area (Å²) in [5.41, 5.74) is 7.96. The van der Waals surface area contributed by atoms with Crippen molar-refractivity contribution < 1.29 is 9.53 Å². The van der Waals surface area contributed by atoms with Crippen LogP contribution in [0.1, 0.15) is 11.5 Å². The zero-order valence-electron chi connectivity index (χ0n) is 14.6. The van der Waals surface area contributed by atoms with Crippen molar-refractivity contribution in [2.24, 2.45) is 5.73 Å². The third-order valence-corrected chi connectivity index (χ3v) is 4.75. The number of rotatable bonds is 5. The monoisotopic (exact) mass is 339 g/mol. The summed E-state index contributed by atoms with van der Waals surface area (Å²) >= 11 is 0. The van der Waals surface area contributed by atoms with Crippen molar-refractivity contribution in [1.29, 1.82) is 0 Å². The van der Waals surface area contributed by atoms with Gasteiger partial charge in [-0.3, -0.25) is 4.79 Å². The number of anilines is 1. The number of methoxy groups -OCH3 is 1. The van der Waals surface area contributed by atoms with Gasteiger partial charge >= 0.3 is 0 Å². The van der Waals surface area contributed by atoms with Gasteiger partial charge in [-0.1, -0.05) is 42.5 Å². The normalized spacial score (nSPS) is 15.8. The van der Waals surface area contributed by atoms with Gasteiger partial charge in [-0.05, 0) is 17.7 Å². The Kier molecular flexibility index (Phi) is 5.56. The Bertz CT molecular complexity index is 697. The fraction of sp³-hybridized carbons (Fsp3) is 0.350. The van der Waals surface area contributed by atoms with Crippen molar-refractivity contribution in [3.8, 4) is 5.75 Å². The van der Waals surface area contributed by atoms with E-state index in [-0.39, 0.29) is 11.8 Å². The van der Waals surface area contributed by atoms with Gasteiger partial charge in [0.15, 0.2) is 0 Å². The highest BCUT2D eigenvalue weighted by Gasteiger charge is 2.28. The number of para-hydroxylation sites is 2. The highest BCUT2D eigenvalue weighted by atomic mass is 16.5. The fourth-order valence-corrected chi connectivity index (χ4v) is 3.34. The average Bonchev–Trinajstić information content (AvgIpc) is 2.69. The van der Waals surface area contributed by atoms with Crippen LogP contribution in [0.15, 0.2) is 54.6 Å². The average molecular weight is 339 g/mol. The van der Waals surface area contributed by atoms with E-state index < -0.39 is 0 Å². The first kappa shape index (κ1) is 17.3. The number of benzene rings is 2. The number of nitrogens with zero attached hydrogens (tertiary/aromatic N) is 2. The molecule has 1 aliphatic heterocycles. The van der Waals surface area contributed by atoms with Gasteiger partial charge in [0, 0.05) is 32.7 Å². The van der Waals surface area contributed by atoms with Crippen LogP contribution in [0.5, 0.6) is 5.75 Å². The van der Waals surface area contributed by atoms with Crippen LogP contribution < -0.4 is 15.4 Å². The van der Waals surface area contributed by atoms with Crippen molar-refractivity contribution in [2.75, 3.05) is 44.7 Å². The summed E-state index contributed by atoms with van der Waals surface area (Å²) in [7, 11) is 1.68. The highest BCUT2D eigenvalue weighted by Crippen LogP contribution is 2.29. The summed E-state index contributed by atoms with van der Waals surface area (Å²) in [5, 5.41) is 0. The molecule has 1 fully saturated rings. The van der Waals surface area contributed by atoms with Crippen LogP contribution in [0.25, 0.3) is 0 Å². The van der Waals surface area contributed by atoms with Crippen LogP contribution in [-0.2, 0) is 4.79 Å². The molecule has 0 spiro atoms. The van der Waals surface area contributed by atoms with E-state index in [1.807, 2.05) is 53.4 Å². The molecule has 0 bridgehead atoms. The number of carbonyl (C=O) groups excluding carboxylic acids is 1. The van der Waals surface area contributed by atoms with Gasteiger partial charge in [0.1, 0.15) is 5.75 Å². The predicted octanol–water partition coefficient (Wildman–Crippen LogP) is 2.09. The van der Waals surface area contributed by atoms with Gasteiger partial charge in [0.2, 0.25) is 5.91 Å². The fourth-order valence-electron chi connectivity index (χ4n) is 3.34. The maximum Gasteiger partial charge on any atom is 0.231 e. The van der Waals surface area contributed by atoms with Gasteiger partial charge in [-0.15, -0.1) is 0 Å². The Balaban J connectivity index is 1.66. The molecular formula is C20H25N3O2. The molecule has 1 atom stereocenters. The lowest BCUT2D eigenvalue weighted by Gasteiger charge is -2.38. The Morgan fingerprint density at radius 3 is 2.32 bits per heavy atom. The van der Waals surface area contributed by atoms with Gasteiger partial charge in [0.25, 0.3) is 0 Å². The minimum Gasteiger partial charge on any atom is -0.495 e. The van der Waals surface area contributed by atoms with Crippen molar-refractivity contribution in [3.63, 3.8) is 0 Å². The maximum absolute atomic E-state index is 12.9. The topological polar surface area (TPSA) is 58.8 Å². The third kappa shape index (κ3) is 3.77. The highest BCUT2D eigenvalue weighted by molar-refractivity contribution is 5.84. The summed E-state index contributed by atoms with van der Waals surface area (Å²) in [6, 6.07) is 17.8. The van der Waals surface area contributed by atoms with Crippen molar-refractivity contribution >= 4 is 11.6 Å². The first-order valence-electron chi connectivity index (χ1n) is 8.66. The molecule has 0 radical (unpaired) electrons. The number of ether oxygens (including phenoxy) is 1. The summed E-state index contributed by atoms with van der Waals surface area (Å²) in [6.45, 7) is 3.30. The Labute approximate surface area is 149 Å². The summed E-state index contributed by atoms with van der Waals surface area (Å²) in [6.07, 6.45) is 0. The Hall–Kier alpha value is -2.53. The van der Waals surface area contributed by atoms with Crippen molar-refractivity contribution in [3.05, 3.63) is 60.2 Å². The SMILES string of the molecule is COc1ccccc1N1CCN(C(=O)C(CN)c2ccccc2)CC1. The lowest BCUT2D eigenvalue weighted by molar-refractivity contribution is -0.132. The first-order chi connectivity index (χ1) is 12.2. The van der Waals surface area contributed by atoms with Crippen LogP contribution in [0.2, 0.25) is 0 Å². The standard InChI is InChI=1S/C20H25N3O2/c1-25-19-10-6-5-9-18(19)22-11-13-23(14-12-22)20(24)17(15-21)16-7-3-2-4-8-16/h2-10,17H,11-15,21H2,1H3. The van der Waals surface area contributed by atoms with E-state index in [9.17, 15) is 4.79 Å². The second kappa shape index (κ2) is 8.03. The van der Waals surface area contributed by atoms with E-state index in [4.69, 9.17) is 10.5 Å². The molecule has 0 saturated carbocycles. The Morgan fingerprint density at radius 1 is 1.04 bits per heavy atom. The lowest BCUT2D eigenvalue weighted by atomic mass is 9.97. The second-order valence-electron chi connectivity index (χ2n) is 6.18. The minimum absolute atomic E-state index is 0.119. The van der Waals surface area contributed by atoms with Gasteiger partial charge in [0.05, 0.1) is 18.7 Å². The molecule has 25 heavy (non-hydrogen) atoms. The number of amides is 1. The van der Waals surface area contributed by atoms with E-state index in [1.165, 1.54) is 0 Å². The number of piperazine rings is 1. The zero-order valence-corrected chi connectivity index (χ0v) is 14.6. The van der Waals surface area contributed by atoms with Crippen molar-refractivity contribution in [2.45, 2.75) is 5.92 Å². The quantitative estimate of drug-likeness (QED) is 0.906. The smallest absolute Gasteiger partial charge is 0.231 e. The van der Waals surface area contributed by atoms with Crippen LogP contribution in [0.4, 0.5) is 5.69 Å². The van der Waals surface area contributed by atoms with E-state index >= 15 is 0 Å². The van der Waals surface area contributed by atoms with Crippen molar-refractivity contribution in [1.82, 2.24) is 4.90 Å². The predicted molar refractivity (Wildman–Crippen MR) is 100 cm³/mol. The molecule has 2 aromatic rings. The van der Waals surface area contributed by atoms with E-state index in [2.05, 4.69) is 11.0 Å². The number of nitrogens with two attached hydrogens (primary N) is 1. The molecular weight excluding hydrogens is 314 g/mol. The molecule has 5 heteroatoms. The summed E-state index contributed by atoms with van der Waals surface area (Å²) in [5.74, 6) is 0.721. The molecule has 1 aliphatic rings. The van der Waals surface area contributed by atoms with Gasteiger partial charge in [-0.2, -0.15) is 0 Å². The van der Waals surface area contributed by atoms with Crippen LogP contribution >= 0.6 is 0 Å². The van der Waals surface area contributed by atoms with E-state index in [1.54, 1.807) is 7.11 Å².